The molecule has 1 aromatic carbocycles. The van der Waals surface area contributed by atoms with E-state index in [0.717, 1.165) is 31.8 Å². The highest BCUT2D eigenvalue weighted by Crippen LogP contribution is 2.31. The minimum atomic E-state index is 0.378. The Balaban J connectivity index is 1.81. The predicted molar refractivity (Wildman–Crippen MR) is 69.0 cm³/mol. The Bertz CT molecular complexity index is 401. The molecule has 0 N–H and O–H groups in total. The molecule has 2 aliphatic heterocycles. The molecule has 2 saturated heterocycles. The summed E-state index contributed by atoms with van der Waals surface area (Å²) in [5.41, 5.74) is 2.47. The second-order valence-electron chi connectivity index (χ2n) is 4.82. The van der Waals surface area contributed by atoms with Gasteiger partial charge in [0.15, 0.2) is 0 Å². The summed E-state index contributed by atoms with van der Waals surface area (Å²) < 4.78 is 16.5. The second-order valence-corrected chi connectivity index (χ2v) is 4.82. The fourth-order valence-corrected chi connectivity index (χ4v) is 2.15. The summed E-state index contributed by atoms with van der Waals surface area (Å²) in [6, 6.07) is 6.34. The molecule has 0 amide bonds. The van der Waals surface area contributed by atoms with Crippen LogP contribution < -0.4 is 4.74 Å². The summed E-state index contributed by atoms with van der Waals surface area (Å²) in [6.07, 6.45) is 4.41. The molecule has 0 aliphatic carbocycles. The Morgan fingerprint density at radius 1 is 1.17 bits per heavy atom. The van der Waals surface area contributed by atoms with Crippen molar-refractivity contribution < 1.29 is 14.2 Å². The largest absolute Gasteiger partial charge is 0.489 e. The second kappa shape index (κ2) is 5.12. The molecule has 0 aromatic heterocycles. The molecule has 0 bridgehead atoms. The molecule has 2 heterocycles. The van der Waals surface area contributed by atoms with Crippen molar-refractivity contribution in [3.63, 3.8) is 0 Å². The van der Waals surface area contributed by atoms with Crippen LogP contribution in [0.3, 0.4) is 0 Å². The molecule has 0 saturated carbocycles. The Hall–Kier alpha value is -1.32. The van der Waals surface area contributed by atoms with Gasteiger partial charge in [-0.15, -0.1) is 0 Å². The first-order valence-electron chi connectivity index (χ1n) is 6.44. The van der Waals surface area contributed by atoms with Crippen LogP contribution in [0.5, 0.6) is 5.75 Å². The Kier molecular flexibility index (Phi) is 3.35. The van der Waals surface area contributed by atoms with Gasteiger partial charge in [0.1, 0.15) is 12.4 Å². The first-order chi connectivity index (χ1) is 8.86. The number of hydrogen-bond donors (Lipinski definition) is 0. The van der Waals surface area contributed by atoms with Crippen molar-refractivity contribution in [1.82, 2.24) is 0 Å². The van der Waals surface area contributed by atoms with Crippen molar-refractivity contribution in [3.05, 3.63) is 42.0 Å². The zero-order valence-electron chi connectivity index (χ0n) is 10.4. The van der Waals surface area contributed by atoms with Crippen LogP contribution in [0.4, 0.5) is 0 Å². The minimum Gasteiger partial charge on any atom is -0.489 e. The molecule has 3 heteroatoms. The SMILES string of the molecule is C=CCOc1c(CC2CO2)cccc1CC1CO1. The molecule has 18 heavy (non-hydrogen) atoms. The van der Waals surface area contributed by atoms with Gasteiger partial charge in [0.2, 0.25) is 0 Å². The molecule has 2 unspecified atom stereocenters. The maximum Gasteiger partial charge on any atom is 0.126 e. The molecule has 96 valence electrons. The van der Waals surface area contributed by atoms with E-state index in [-0.39, 0.29) is 0 Å². The summed E-state index contributed by atoms with van der Waals surface area (Å²) in [4.78, 5) is 0. The lowest BCUT2D eigenvalue weighted by molar-refractivity contribution is 0.346. The molecule has 2 atom stereocenters. The molecular formula is C15H18O3. The quantitative estimate of drug-likeness (QED) is 0.546. The van der Waals surface area contributed by atoms with E-state index in [0.29, 0.717) is 18.8 Å². The zero-order chi connectivity index (χ0) is 12.4. The fraction of sp³-hybridized carbons (Fsp3) is 0.467. The van der Waals surface area contributed by atoms with Crippen molar-refractivity contribution in [2.45, 2.75) is 25.0 Å². The molecule has 3 rings (SSSR count). The molecule has 2 aliphatic rings. The van der Waals surface area contributed by atoms with Crippen LogP contribution in [-0.2, 0) is 22.3 Å². The van der Waals surface area contributed by atoms with Gasteiger partial charge in [0.25, 0.3) is 0 Å². The van der Waals surface area contributed by atoms with Crippen LogP contribution in [0.15, 0.2) is 30.9 Å². The van der Waals surface area contributed by atoms with Gasteiger partial charge in [-0.05, 0) is 11.1 Å². The van der Waals surface area contributed by atoms with E-state index in [9.17, 15) is 0 Å². The number of benzene rings is 1. The lowest BCUT2D eigenvalue weighted by atomic mass is 10.0. The summed E-state index contributed by atoms with van der Waals surface area (Å²) in [5, 5.41) is 0. The average molecular weight is 246 g/mol. The Labute approximate surface area is 107 Å². The van der Waals surface area contributed by atoms with Gasteiger partial charge < -0.3 is 14.2 Å². The number of epoxide rings is 2. The first kappa shape index (κ1) is 11.8. The van der Waals surface area contributed by atoms with Crippen molar-refractivity contribution >= 4 is 0 Å². The van der Waals surface area contributed by atoms with Crippen molar-refractivity contribution in [1.29, 1.82) is 0 Å². The number of rotatable bonds is 7. The summed E-state index contributed by atoms with van der Waals surface area (Å²) in [7, 11) is 0. The normalized spacial score (nSPS) is 24.7. The van der Waals surface area contributed by atoms with Crippen LogP contribution in [0.1, 0.15) is 11.1 Å². The maximum absolute atomic E-state index is 5.85. The standard InChI is InChI=1S/C15H18O3/c1-2-6-16-15-11(7-13-9-17-13)4-3-5-12(15)8-14-10-18-14/h2-5,13-14H,1,6-10H2. The van der Waals surface area contributed by atoms with Crippen LogP contribution in [-0.4, -0.2) is 32.0 Å². The van der Waals surface area contributed by atoms with E-state index >= 15 is 0 Å². The van der Waals surface area contributed by atoms with Gasteiger partial charge in [-0.25, -0.2) is 0 Å². The van der Waals surface area contributed by atoms with Crippen LogP contribution >= 0.6 is 0 Å². The third kappa shape index (κ3) is 2.92. The first-order valence-corrected chi connectivity index (χ1v) is 6.44. The highest BCUT2D eigenvalue weighted by atomic mass is 16.6. The molecular weight excluding hydrogens is 228 g/mol. The lowest BCUT2D eigenvalue weighted by Gasteiger charge is -2.14. The van der Waals surface area contributed by atoms with Gasteiger partial charge in [-0.3, -0.25) is 0 Å². The third-order valence-electron chi connectivity index (χ3n) is 3.22. The zero-order valence-corrected chi connectivity index (χ0v) is 10.4. The van der Waals surface area contributed by atoms with Gasteiger partial charge in [0, 0.05) is 12.8 Å². The summed E-state index contributed by atoms with van der Waals surface area (Å²) in [6.45, 7) is 5.99. The van der Waals surface area contributed by atoms with E-state index in [4.69, 9.17) is 14.2 Å². The Morgan fingerprint density at radius 2 is 1.72 bits per heavy atom. The van der Waals surface area contributed by atoms with Crippen LogP contribution in [0.2, 0.25) is 0 Å². The van der Waals surface area contributed by atoms with E-state index in [1.807, 2.05) is 0 Å². The summed E-state index contributed by atoms with van der Waals surface area (Å²) >= 11 is 0. The number of hydrogen-bond acceptors (Lipinski definition) is 3. The number of ether oxygens (including phenoxy) is 3. The lowest BCUT2D eigenvalue weighted by Crippen LogP contribution is -2.05. The summed E-state index contributed by atoms with van der Waals surface area (Å²) in [5.74, 6) is 1.00. The molecule has 1 aromatic rings. The maximum atomic E-state index is 5.85. The number of para-hydroxylation sites is 1. The molecule has 0 radical (unpaired) electrons. The molecule has 3 nitrogen and oxygen atoms in total. The minimum absolute atomic E-state index is 0.378. The van der Waals surface area contributed by atoms with Crippen molar-refractivity contribution in [3.8, 4) is 5.75 Å². The fourth-order valence-electron chi connectivity index (χ4n) is 2.15. The monoisotopic (exact) mass is 246 g/mol. The highest BCUT2D eigenvalue weighted by molar-refractivity contribution is 5.43. The highest BCUT2D eigenvalue weighted by Gasteiger charge is 2.27. The Morgan fingerprint density at radius 3 is 2.17 bits per heavy atom. The van der Waals surface area contributed by atoms with Crippen molar-refractivity contribution in [2.24, 2.45) is 0 Å². The molecule has 2 fully saturated rings. The van der Waals surface area contributed by atoms with E-state index in [2.05, 4.69) is 24.8 Å². The third-order valence-corrected chi connectivity index (χ3v) is 3.22. The van der Waals surface area contributed by atoms with Gasteiger partial charge >= 0.3 is 0 Å². The van der Waals surface area contributed by atoms with Crippen molar-refractivity contribution in [2.75, 3.05) is 19.8 Å². The predicted octanol–water partition coefficient (Wildman–Crippen LogP) is 2.13. The topological polar surface area (TPSA) is 34.3 Å². The van der Waals surface area contributed by atoms with E-state index in [1.54, 1.807) is 6.08 Å². The van der Waals surface area contributed by atoms with E-state index < -0.39 is 0 Å². The van der Waals surface area contributed by atoms with Gasteiger partial charge in [0.05, 0.1) is 25.4 Å². The van der Waals surface area contributed by atoms with Crippen LogP contribution in [0, 0.1) is 0 Å². The average Bonchev–Trinajstić information content (AvgIpc) is 3.23. The van der Waals surface area contributed by atoms with Gasteiger partial charge in [-0.1, -0.05) is 30.9 Å². The van der Waals surface area contributed by atoms with E-state index in [1.165, 1.54) is 11.1 Å². The van der Waals surface area contributed by atoms with Crippen LogP contribution in [0.25, 0.3) is 0 Å². The smallest absolute Gasteiger partial charge is 0.126 e. The van der Waals surface area contributed by atoms with Gasteiger partial charge in [-0.2, -0.15) is 0 Å². The molecule has 0 spiro atoms.